The van der Waals surface area contributed by atoms with Gasteiger partial charge in [-0.1, -0.05) is 29.3 Å². The van der Waals surface area contributed by atoms with Crippen molar-refractivity contribution in [3.05, 3.63) is 62.3 Å². The summed E-state index contributed by atoms with van der Waals surface area (Å²) in [6.45, 7) is 6.07. The molecular weight excluding hydrogens is 411 g/mol. The molecule has 2 aromatic carbocycles. The number of piperazine rings is 1. The third-order valence-electron chi connectivity index (χ3n) is 5.45. The van der Waals surface area contributed by atoms with Crippen molar-refractivity contribution in [1.29, 1.82) is 0 Å². The largest absolute Gasteiger partial charge is 0.507 e. The van der Waals surface area contributed by atoms with Crippen LogP contribution in [0.3, 0.4) is 0 Å². The van der Waals surface area contributed by atoms with Crippen molar-refractivity contribution in [2.45, 2.75) is 13.5 Å². The van der Waals surface area contributed by atoms with E-state index in [0.29, 0.717) is 44.6 Å². The van der Waals surface area contributed by atoms with Crippen LogP contribution >= 0.6 is 23.2 Å². The average Bonchev–Trinajstić information content (AvgIpc) is 2.99. The second kappa shape index (κ2) is 8.00. The fourth-order valence-corrected chi connectivity index (χ4v) is 4.19. The number of halogens is 2. The molecule has 1 N–H and O–H groups in total. The highest BCUT2D eigenvalue weighted by atomic mass is 35.5. The van der Waals surface area contributed by atoms with Gasteiger partial charge >= 0.3 is 0 Å². The summed E-state index contributed by atoms with van der Waals surface area (Å²) in [5.74, 6) is 0.585. The first-order valence-electron chi connectivity index (χ1n) is 9.49. The minimum Gasteiger partial charge on any atom is -0.507 e. The number of likely N-dealkylation sites (N-methyl/N-ethyl adjacent to an activating group) is 1. The zero-order valence-electron chi connectivity index (χ0n) is 16.3. The van der Waals surface area contributed by atoms with Gasteiger partial charge in [-0.15, -0.1) is 0 Å². The van der Waals surface area contributed by atoms with E-state index in [1.54, 1.807) is 37.3 Å². The van der Waals surface area contributed by atoms with Crippen LogP contribution in [0.5, 0.6) is 11.5 Å². The van der Waals surface area contributed by atoms with E-state index in [4.69, 9.17) is 27.9 Å². The van der Waals surface area contributed by atoms with Crippen molar-refractivity contribution >= 4 is 35.1 Å². The molecule has 0 bridgehead atoms. The molecule has 0 saturated carbocycles. The maximum Gasteiger partial charge on any atom is 0.232 e. The van der Waals surface area contributed by atoms with Gasteiger partial charge in [0.25, 0.3) is 0 Å². The molecule has 0 aromatic heterocycles. The van der Waals surface area contributed by atoms with Crippen molar-refractivity contribution in [3.8, 4) is 11.5 Å². The molecule has 7 heteroatoms. The number of hydrogen-bond acceptors (Lipinski definition) is 5. The predicted octanol–water partition coefficient (Wildman–Crippen LogP) is 4.37. The monoisotopic (exact) mass is 432 g/mol. The average molecular weight is 433 g/mol. The second-order valence-electron chi connectivity index (χ2n) is 7.58. The van der Waals surface area contributed by atoms with Gasteiger partial charge < -0.3 is 14.7 Å². The molecule has 0 amide bonds. The maximum atomic E-state index is 13.0. The molecule has 5 nitrogen and oxygen atoms in total. The smallest absolute Gasteiger partial charge is 0.232 e. The Hall–Kier alpha value is -2.05. The van der Waals surface area contributed by atoms with E-state index in [2.05, 4.69) is 16.8 Å². The van der Waals surface area contributed by atoms with Crippen LogP contribution in [0.4, 0.5) is 0 Å². The quantitative estimate of drug-likeness (QED) is 0.729. The SMILES string of the molecule is Cc1cc(O)c(CN2CCN(C)CC2)c2c1C(=O)/C(=C/c1ccc(Cl)cc1Cl)O2. The Bertz CT molecular complexity index is 1010. The van der Waals surface area contributed by atoms with Gasteiger partial charge in [0.1, 0.15) is 11.5 Å². The molecular formula is C22H22Cl2N2O3. The Morgan fingerprint density at radius 1 is 1.17 bits per heavy atom. The van der Waals surface area contributed by atoms with Crippen molar-refractivity contribution in [3.63, 3.8) is 0 Å². The zero-order valence-corrected chi connectivity index (χ0v) is 17.8. The molecule has 0 unspecified atom stereocenters. The van der Waals surface area contributed by atoms with E-state index in [-0.39, 0.29) is 17.3 Å². The van der Waals surface area contributed by atoms with E-state index in [1.807, 2.05) is 0 Å². The van der Waals surface area contributed by atoms with Crippen molar-refractivity contribution < 1.29 is 14.6 Å². The first kappa shape index (κ1) is 20.2. The lowest BCUT2D eigenvalue weighted by Gasteiger charge is -2.32. The van der Waals surface area contributed by atoms with Gasteiger partial charge in [-0.2, -0.15) is 0 Å². The van der Waals surface area contributed by atoms with Gasteiger partial charge in [0.2, 0.25) is 5.78 Å². The van der Waals surface area contributed by atoms with E-state index >= 15 is 0 Å². The number of carbonyl (C=O) groups is 1. The van der Waals surface area contributed by atoms with Crippen LogP contribution in [0.25, 0.3) is 6.08 Å². The summed E-state index contributed by atoms with van der Waals surface area (Å²) < 4.78 is 5.99. The van der Waals surface area contributed by atoms with Gasteiger partial charge in [0.05, 0.1) is 11.1 Å². The van der Waals surface area contributed by atoms with E-state index in [1.165, 1.54) is 0 Å². The van der Waals surface area contributed by atoms with Crippen molar-refractivity contribution in [2.24, 2.45) is 0 Å². The van der Waals surface area contributed by atoms with Crippen LogP contribution in [0.15, 0.2) is 30.0 Å². The zero-order chi connectivity index (χ0) is 20.7. The van der Waals surface area contributed by atoms with Gasteiger partial charge in [-0.25, -0.2) is 0 Å². The first-order valence-corrected chi connectivity index (χ1v) is 10.2. The summed E-state index contributed by atoms with van der Waals surface area (Å²) in [6, 6.07) is 6.72. The summed E-state index contributed by atoms with van der Waals surface area (Å²) in [4.78, 5) is 17.6. The fourth-order valence-electron chi connectivity index (χ4n) is 3.72. The molecule has 0 radical (unpaired) electrons. The van der Waals surface area contributed by atoms with Crippen LogP contribution < -0.4 is 4.74 Å². The molecule has 0 aliphatic carbocycles. The molecule has 0 spiro atoms. The Morgan fingerprint density at radius 2 is 1.90 bits per heavy atom. The Labute approximate surface area is 180 Å². The normalized spacial score (nSPS) is 18.9. The van der Waals surface area contributed by atoms with Gasteiger partial charge in [0.15, 0.2) is 5.76 Å². The summed E-state index contributed by atoms with van der Waals surface area (Å²) in [5, 5.41) is 11.6. The third-order valence-corrected chi connectivity index (χ3v) is 6.01. The molecule has 1 fully saturated rings. The molecule has 4 rings (SSSR count). The molecule has 2 aliphatic heterocycles. The second-order valence-corrected chi connectivity index (χ2v) is 8.42. The number of allylic oxidation sites excluding steroid dienone is 1. The van der Waals surface area contributed by atoms with Gasteiger partial charge in [-0.05, 0) is 49.4 Å². The number of rotatable bonds is 3. The predicted molar refractivity (Wildman–Crippen MR) is 115 cm³/mol. The Morgan fingerprint density at radius 3 is 2.59 bits per heavy atom. The number of benzene rings is 2. The topological polar surface area (TPSA) is 53.0 Å². The van der Waals surface area contributed by atoms with Gasteiger partial charge in [0, 0.05) is 42.8 Å². The molecule has 2 aromatic rings. The highest BCUT2D eigenvalue weighted by molar-refractivity contribution is 6.35. The maximum absolute atomic E-state index is 13.0. The van der Waals surface area contributed by atoms with Crippen LogP contribution in [-0.4, -0.2) is 53.9 Å². The fraction of sp³-hybridized carbons (Fsp3) is 0.318. The molecule has 1 saturated heterocycles. The minimum atomic E-state index is -0.205. The van der Waals surface area contributed by atoms with Crippen LogP contribution in [-0.2, 0) is 6.54 Å². The minimum absolute atomic E-state index is 0.152. The Kier molecular flexibility index (Phi) is 5.58. The number of Topliss-reactive ketones (excluding diaryl/α,β-unsaturated/α-hetero) is 1. The number of ketones is 1. The lowest BCUT2D eigenvalue weighted by atomic mass is 9.99. The third kappa shape index (κ3) is 4.01. The number of fused-ring (bicyclic) bond motifs is 1. The Balaban J connectivity index is 1.68. The lowest BCUT2D eigenvalue weighted by molar-refractivity contribution is 0.101. The number of hydrogen-bond donors (Lipinski definition) is 1. The first-order chi connectivity index (χ1) is 13.8. The number of ether oxygens (including phenoxy) is 1. The summed E-state index contributed by atoms with van der Waals surface area (Å²) in [7, 11) is 2.10. The number of nitrogens with zero attached hydrogens (tertiary/aromatic N) is 2. The highest BCUT2D eigenvalue weighted by Crippen LogP contribution is 2.42. The number of phenols is 1. The van der Waals surface area contributed by atoms with E-state index < -0.39 is 0 Å². The van der Waals surface area contributed by atoms with Gasteiger partial charge in [-0.3, -0.25) is 9.69 Å². The lowest BCUT2D eigenvalue weighted by Crippen LogP contribution is -2.43. The standard InChI is InChI=1S/C22H22Cl2N2O3/c1-13-9-18(27)16(12-26-7-5-25(2)6-8-26)22-20(13)21(28)19(29-22)10-14-3-4-15(23)11-17(14)24/h3-4,9-11,27H,5-8,12H2,1-2H3/b19-10-. The van der Waals surface area contributed by atoms with Crippen molar-refractivity contribution in [2.75, 3.05) is 33.2 Å². The van der Waals surface area contributed by atoms with Crippen LogP contribution in [0.2, 0.25) is 10.0 Å². The molecule has 152 valence electrons. The van der Waals surface area contributed by atoms with E-state index in [9.17, 15) is 9.90 Å². The van der Waals surface area contributed by atoms with Crippen LogP contribution in [0.1, 0.15) is 27.0 Å². The molecule has 29 heavy (non-hydrogen) atoms. The molecule has 0 atom stereocenters. The van der Waals surface area contributed by atoms with Crippen LogP contribution in [0, 0.1) is 6.92 Å². The number of carbonyl (C=O) groups excluding carboxylic acids is 1. The van der Waals surface area contributed by atoms with Crippen molar-refractivity contribution in [1.82, 2.24) is 9.80 Å². The molecule has 2 heterocycles. The summed E-state index contributed by atoms with van der Waals surface area (Å²) in [5.41, 5.74) is 2.49. The summed E-state index contributed by atoms with van der Waals surface area (Å²) in [6.07, 6.45) is 1.62. The summed E-state index contributed by atoms with van der Waals surface area (Å²) >= 11 is 12.2. The number of aryl methyl sites for hydroxylation is 1. The number of phenolic OH excluding ortho intramolecular Hbond substituents is 1. The number of aromatic hydroxyl groups is 1. The highest BCUT2D eigenvalue weighted by Gasteiger charge is 2.34. The van der Waals surface area contributed by atoms with E-state index in [0.717, 1.165) is 26.2 Å². The molecule has 2 aliphatic rings.